The summed E-state index contributed by atoms with van der Waals surface area (Å²) in [6, 6.07) is 3.08. The van der Waals surface area contributed by atoms with Crippen molar-refractivity contribution in [3.05, 3.63) is 34.9 Å². The smallest absolute Gasteiger partial charge is 0.338 e. The molecule has 0 saturated heterocycles. The predicted molar refractivity (Wildman–Crippen MR) is 122 cm³/mol. The van der Waals surface area contributed by atoms with Gasteiger partial charge < -0.3 is 9.84 Å². The van der Waals surface area contributed by atoms with Crippen LogP contribution in [-0.2, 0) is 9.53 Å². The van der Waals surface area contributed by atoms with Gasteiger partial charge >= 0.3 is 11.9 Å². The van der Waals surface area contributed by atoms with E-state index in [4.69, 9.17) is 4.74 Å². The molecule has 5 aliphatic rings. The van der Waals surface area contributed by atoms with Crippen molar-refractivity contribution in [1.29, 1.82) is 0 Å². The van der Waals surface area contributed by atoms with Gasteiger partial charge in [-0.2, -0.15) is 11.8 Å². The van der Waals surface area contributed by atoms with E-state index in [-0.39, 0.29) is 28.5 Å². The van der Waals surface area contributed by atoms with Gasteiger partial charge in [0.05, 0.1) is 23.3 Å². The monoisotopic (exact) mass is 471 g/mol. The third-order valence-electron chi connectivity index (χ3n) is 8.02. The number of hydrogen-bond donors (Lipinski definition) is 1. The molecule has 1 atom stereocenters. The number of benzene rings is 1. The minimum absolute atomic E-state index is 0.0691. The Balaban J connectivity index is 1.30. The minimum atomic E-state index is -1.23. The van der Waals surface area contributed by atoms with E-state index in [9.17, 15) is 24.3 Å². The number of imide groups is 1. The van der Waals surface area contributed by atoms with E-state index in [1.165, 1.54) is 49.2 Å². The van der Waals surface area contributed by atoms with Gasteiger partial charge in [-0.05, 0) is 92.9 Å². The van der Waals surface area contributed by atoms with Crippen LogP contribution in [0.4, 0.5) is 0 Å². The number of carbonyl (C=O) groups is 4. The Bertz CT molecular complexity index is 985. The van der Waals surface area contributed by atoms with Crippen molar-refractivity contribution in [2.45, 2.75) is 51.0 Å². The molecule has 1 aromatic carbocycles. The Morgan fingerprint density at radius 1 is 1.09 bits per heavy atom. The molecule has 6 rings (SSSR count). The Morgan fingerprint density at radius 2 is 1.70 bits per heavy atom. The highest BCUT2D eigenvalue weighted by Crippen LogP contribution is 2.60. The lowest BCUT2D eigenvalue weighted by molar-refractivity contribution is -0.141. The van der Waals surface area contributed by atoms with Crippen LogP contribution in [0.15, 0.2) is 18.2 Å². The first-order chi connectivity index (χ1) is 15.8. The average molecular weight is 472 g/mol. The number of amides is 2. The van der Waals surface area contributed by atoms with Crippen molar-refractivity contribution < 1.29 is 29.0 Å². The van der Waals surface area contributed by atoms with Crippen molar-refractivity contribution in [2.75, 3.05) is 18.6 Å². The molecule has 0 radical (unpaired) electrons. The van der Waals surface area contributed by atoms with Crippen LogP contribution in [0.25, 0.3) is 0 Å². The lowest BCUT2D eigenvalue weighted by Crippen LogP contribution is -2.48. The summed E-state index contributed by atoms with van der Waals surface area (Å²) < 4.78 is 5.75. The van der Waals surface area contributed by atoms with E-state index in [0.717, 1.165) is 41.9 Å². The fraction of sp³-hybridized carbons (Fsp3) is 0.600. The number of aliphatic carboxylic acids is 1. The van der Waals surface area contributed by atoms with E-state index in [0.29, 0.717) is 12.4 Å². The van der Waals surface area contributed by atoms with Gasteiger partial charge in [0.1, 0.15) is 6.04 Å². The van der Waals surface area contributed by atoms with Crippen molar-refractivity contribution in [2.24, 2.45) is 23.2 Å². The molecule has 1 heterocycles. The summed E-state index contributed by atoms with van der Waals surface area (Å²) in [7, 11) is 0. The second kappa shape index (κ2) is 8.46. The van der Waals surface area contributed by atoms with Crippen LogP contribution in [-0.4, -0.2) is 58.4 Å². The highest BCUT2D eigenvalue weighted by molar-refractivity contribution is 7.98. The highest BCUT2D eigenvalue weighted by atomic mass is 32.2. The Kier molecular flexibility index (Phi) is 5.75. The van der Waals surface area contributed by atoms with E-state index in [2.05, 4.69) is 0 Å². The number of fused-ring (bicyclic) bond motifs is 1. The summed E-state index contributed by atoms with van der Waals surface area (Å²) in [5, 5.41) is 9.57. The standard InChI is InChI=1S/C25H29NO6S/c1-33-5-4-20(23(29)30)26-21(27)18-3-2-17(9-19(18)22(26)28)24(31)32-13-25-10-14-6-15(11-25)8-16(7-14)12-25/h2-3,9,14-16,20H,4-8,10-13H2,1H3,(H,29,30)/t14?,15?,16?,20-,25?/m1/s1. The molecular formula is C25H29NO6S. The zero-order valence-electron chi connectivity index (χ0n) is 18.7. The number of ether oxygens (including phenoxy) is 1. The Hall–Kier alpha value is -2.35. The number of esters is 1. The summed E-state index contributed by atoms with van der Waals surface area (Å²) in [4.78, 5) is 51.2. The van der Waals surface area contributed by atoms with Crippen molar-refractivity contribution >= 4 is 35.5 Å². The van der Waals surface area contributed by atoms with Crippen LogP contribution in [0.2, 0.25) is 0 Å². The van der Waals surface area contributed by atoms with Crippen LogP contribution >= 0.6 is 11.8 Å². The van der Waals surface area contributed by atoms with Gasteiger partial charge in [0.2, 0.25) is 0 Å². The second-order valence-corrected chi connectivity index (χ2v) is 11.4. The number of carbonyl (C=O) groups excluding carboxylic acids is 3. The summed E-state index contributed by atoms with van der Waals surface area (Å²) in [5.74, 6) is -0.213. The van der Waals surface area contributed by atoms with Gasteiger partial charge in [0, 0.05) is 5.41 Å². The lowest BCUT2D eigenvalue weighted by atomic mass is 9.50. The fourth-order valence-corrected chi connectivity index (χ4v) is 7.49. The molecule has 33 heavy (non-hydrogen) atoms. The van der Waals surface area contributed by atoms with Gasteiger partial charge in [-0.1, -0.05) is 0 Å². The molecule has 1 N–H and O–H groups in total. The normalized spacial score (nSPS) is 30.5. The summed E-state index contributed by atoms with van der Waals surface area (Å²) in [5.41, 5.74) is 0.514. The zero-order valence-corrected chi connectivity index (χ0v) is 19.6. The first kappa shape index (κ1) is 22.4. The Morgan fingerprint density at radius 3 is 2.27 bits per heavy atom. The van der Waals surface area contributed by atoms with Gasteiger partial charge in [-0.3, -0.25) is 14.5 Å². The van der Waals surface area contributed by atoms with Crippen LogP contribution in [0.3, 0.4) is 0 Å². The van der Waals surface area contributed by atoms with Crippen LogP contribution in [0, 0.1) is 23.2 Å². The van der Waals surface area contributed by atoms with Crippen LogP contribution in [0.1, 0.15) is 76.0 Å². The molecule has 8 heteroatoms. The van der Waals surface area contributed by atoms with Crippen molar-refractivity contribution in [3.8, 4) is 0 Å². The maximum absolute atomic E-state index is 13.0. The molecule has 0 unspecified atom stereocenters. The van der Waals surface area contributed by atoms with Crippen molar-refractivity contribution in [1.82, 2.24) is 4.90 Å². The first-order valence-electron chi connectivity index (χ1n) is 11.7. The third-order valence-corrected chi connectivity index (χ3v) is 8.66. The van der Waals surface area contributed by atoms with E-state index in [1.807, 2.05) is 6.26 Å². The molecule has 176 valence electrons. The van der Waals surface area contributed by atoms with E-state index >= 15 is 0 Å². The number of carboxylic acids is 1. The maximum Gasteiger partial charge on any atom is 0.338 e. The van der Waals surface area contributed by atoms with Gasteiger partial charge in [-0.25, -0.2) is 9.59 Å². The molecule has 4 saturated carbocycles. The largest absolute Gasteiger partial charge is 0.480 e. The summed E-state index contributed by atoms with van der Waals surface area (Å²) in [6.45, 7) is 0.404. The number of carboxylic acid groups (broad SMARTS) is 1. The first-order valence-corrected chi connectivity index (χ1v) is 13.1. The van der Waals surface area contributed by atoms with Crippen LogP contribution in [0.5, 0.6) is 0 Å². The number of nitrogens with zero attached hydrogens (tertiary/aromatic N) is 1. The average Bonchev–Trinajstić information content (AvgIpc) is 3.01. The molecule has 4 aliphatic carbocycles. The SMILES string of the molecule is CSCC[C@H](C(=O)O)N1C(=O)c2ccc(C(=O)OCC34CC5CC(CC(C5)C3)C4)cc2C1=O. The molecular weight excluding hydrogens is 442 g/mol. The molecule has 1 aliphatic heterocycles. The molecule has 2 amide bonds. The highest BCUT2D eigenvalue weighted by Gasteiger charge is 2.51. The summed E-state index contributed by atoms with van der Waals surface area (Å²) in [6.07, 6.45) is 9.35. The number of hydrogen-bond acceptors (Lipinski definition) is 6. The molecule has 7 nitrogen and oxygen atoms in total. The third kappa shape index (κ3) is 3.96. The van der Waals surface area contributed by atoms with E-state index in [1.54, 1.807) is 0 Å². The predicted octanol–water partition coefficient (Wildman–Crippen LogP) is 3.86. The molecule has 4 fully saturated rings. The number of thioether (sulfide) groups is 1. The quantitative estimate of drug-likeness (QED) is 0.454. The minimum Gasteiger partial charge on any atom is -0.480 e. The lowest BCUT2D eigenvalue weighted by Gasteiger charge is -2.56. The topological polar surface area (TPSA) is 101 Å². The van der Waals surface area contributed by atoms with Gasteiger partial charge in [0.15, 0.2) is 0 Å². The van der Waals surface area contributed by atoms with Crippen molar-refractivity contribution in [3.63, 3.8) is 0 Å². The summed E-state index contributed by atoms with van der Waals surface area (Å²) >= 11 is 1.45. The Labute approximate surface area is 197 Å². The molecule has 4 bridgehead atoms. The molecule has 0 spiro atoms. The maximum atomic E-state index is 13.0. The van der Waals surface area contributed by atoms with Gasteiger partial charge in [0.25, 0.3) is 11.8 Å². The number of rotatable bonds is 8. The molecule has 1 aromatic rings. The second-order valence-electron chi connectivity index (χ2n) is 10.4. The van der Waals surface area contributed by atoms with Gasteiger partial charge in [-0.15, -0.1) is 0 Å². The fourth-order valence-electron chi connectivity index (χ4n) is 7.03. The zero-order chi connectivity index (χ0) is 23.3. The van der Waals surface area contributed by atoms with Crippen LogP contribution < -0.4 is 0 Å². The van der Waals surface area contributed by atoms with E-state index < -0.39 is 29.8 Å². The molecule has 0 aromatic heterocycles.